The van der Waals surface area contributed by atoms with E-state index in [4.69, 9.17) is 11.6 Å². The van der Waals surface area contributed by atoms with Crippen LogP contribution in [0.4, 0.5) is 5.69 Å². The molecule has 0 bridgehead atoms. The van der Waals surface area contributed by atoms with Crippen LogP contribution in [0.5, 0.6) is 0 Å². The Morgan fingerprint density at radius 1 is 1.03 bits per heavy atom. The average Bonchev–Trinajstić information content (AvgIpc) is 3.40. The van der Waals surface area contributed by atoms with Gasteiger partial charge in [-0.15, -0.1) is 10.2 Å². The molecule has 1 aliphatic rings. The van der Waals surface area contributed by atoms with Gasteiger partial charge in [-0.3, -0.25) is 14.2 Å². The minimum atomic E-state index is -0.0500. The highest BCUT2D eigenvalue weighted by molar-refractivity contribution is 7.99. The van der Waals surface area contributed by atoms with Gasteiger partial charge in [0, 0.05) is 28.4 Å². The fourth-order valence-electron chi connectivity index (χ4n) is 3.75. The second-order valence-corrected chi connectivity index (χ2v) is 9.06. The molecule has 4 aromatic rings. The lowest BCUT2D eigenvalue weighted by atomic mass is 10.1. The molecule has 0 spiro atoms. The van der Waals surface area contributed by atoms with Gasteiger partial charge in [-0.2, -0.15) is 0 Å². The Kier molecular flexibility index (Phi) is 5.98. The molecular weight excluding hydrogens is 456 g/mol. The minimum Gasteiger partial charge on any atom is -0.326 e. The maximum Gasteiger partial charge on any atom is 0.228 e. The molecule has 1 amide bonds. The van der Waals surface area contributed by atoms with Gasteiger partial charge in [0.2, 0.25) is 5.91 Å². The summed E-state index contributed by atoms with van der Waals surface area (Å²) in [6.07, 6.45) is 0.911. The van der Waals surface area contributed by atoms with Crippen LogP contribution in [0.2, 0.25) is 5.02 Å². The summed E-state index contributed by atoms with van der Waals surface area (Å²) in [4.78, 5) is 24.5. The second-order valence-electron chi connectivity index (χ2n) is 7.68. The number of aromatic nitrogens is 3. The number of carbonyl (C=O) groups is 2. The van der Waals surface area contributed by atoms with Gasteiger partial charge in [-0.05, 0) is 53.6 Å². The molecule has 0 aliphatic carbocycles. The van der Waals surface area contributed by atoms with Crippen molar-refractivity contribution in [1.82, 2.24) is 14.8 Å². The van der Waals surface area contributed by atoms with Gasteiger partial charge >= 0.3 is 0 Å². The average molecular weight is 475 g/mol. The number of rotatable bonds is 7. The fourth-order valence-corrected chi connectivity index (χ4v) is 4.74. The van der Waals surface area contributed by atoms with Crippen molar-refractivity contribution in [1.29, 1.82) is 0 Å². The lowest BCUT2D eigenvalue weighted by Gasteiger charge is -2.11. The van der Waals surface area contributed by atoms with E-state index >= 15 is 0 Å². The fraction of sp³-hybridized carbons (Fsp3) is 0.120. The zero-order valence-corrected chi connectivity index (χ0v) is 19.1. The monoisotopic (exact) mass is 474 g/mol. The summed E-state index contributed by atoms with van der Waals surface area (Å²) >= 11 is 7.42. The maximum absolute atomic E-state index is 12.9. The van der Waals surface area contributed by atoms with Gasteiger partial charge in [-0.25, -0.2) is 0 Å². The first-order chi connectivity index (χ1) is 16.1. The number of ketones is 1. The summed E-state index contributed by atoms with van der Waals surface area (Å²) < 4.78 is 1.96. The quantitative estimate of drug-likeness (QED) is 0.302. The third kappa shape index (κ3) is 4.69. The van der Waals surface area contributed by atoms with Gasteiger partial charge in [0.15, 0.2) is 10.9 Å². The molecule has 8 heteroatoms. The number of carbonyl (C=O) groups excluding carboxylic acids is 2. The van der Waals surface area contributed by atoms with Crippen molar-refractivity contribution in [2.75, 3.05) is 11.1 Å². The number of Topliss-reactive ketones (excluding diaryl/α,β-unsaturated/α-hetero) is 1. The van der Waals surface area contributed by atoms with E-state index in [2.05, 4.69) is 15.5 Å². The highest BCUT2D eigenvalue weighted by Gasteiger charge is 2.20. The normalized spacial score (nSPS) is 12.5. The number of amides is 1. The Morgan fingerprint density at radius 2 is 1.82 bits per heavy atom. The highest BCUT2D eigenvalue weighted by Crippen LogP contribution is 2.27. The van der Waals surface area contributed by atoms with Gasteiger partial charge < -0.3 is 5.32 Å². The molecular formula is C25H19ClN4O2S. The predicted molar refractivity (Wildman–Crippen MR) is 129 cm³/mol. The van der Waals surface area contributed by atoms with Crippen molar-refractivity contribution in [3.63, 3.8) is 0 Å². The van der Waals surface area contributed by atoms with Crippen molar-refractivity contribution in [2.24, 2.45) is 0 Å². The van der Waals surface area contributed by atoms with Crippen molar-refractivity contribution < 1.29 is 9.59 Å². The molecule has 0 saturated heterocycles. The summed E-state index contributed by atoms with van der Waals surface area (Å²) in [5.41, 5.74) is 4.21. The smallest absolute Gasteiger partial charge is 0.228 e. The first kappa shape index (κ1) is 21.4. The molecule has 164 valence electrons. The van der Waals surface area contributed by atoms with Crippen molar-refractivity contribution in [3.8, 4) is 5.69 Å². The summed E-state index contributed by atoms with van der Waals surface area (Å²) in [5, 5.41) is 12.9. The molecule has 5 rings (SSSR count). The van der Waals surface area contributed by atoms with Crippen molar-refractivity contribution in [3.05, 3.63) is 100 Å². The standard InChI is InChI=1S/C25H19ClN4O2S/c26-19-7-9-20(10-8-19)30-23(12-16-4-2-1-3-5-16)28-29-25(30)33-15-22(31)17-6-11-21-18(13-17)14-24(32)27-21/h1-11,13H,12,14-15H2,(H,27,32). The van der Waals surface area contributed by atoms with Gasteiger partial charge in [0.05, 0.1) is 12.2 Å². The molecule has 0 unspecified atom stereocenters. The van der Waals surface area contributed by atoms with E-state index < -0.39 is 0 Å². The first-order valence-electron chi connectivity index (χ1n) is 10.4. The molecule has 0 fully saturated rings. The molecule has 1 aromatic heterocycles. The number of anilines is 1. The van der Waals surface area contributed by atoms with E-state index in [0.29, 0.717) is 28.6 Å². The maximum atomic E-state index is 12.9. The third-order valence-electron chi connectivity index (χ3n) is 5.37. The van der Waals surface area contributed by atoms with Crippen LogP contribution >= 0.6 is 23.4 Å². The Labute approximate surface area is 200 Å². The van der Waals surface area contributed by atoms with Crippen LogP contribution in [0, 0.1) is 0 Å². The number of halogens is 1. The summed E-state index contributed by atoms with van der Waals surface area (Å²) in [6.45, 7) is 0. The largest absolute Gasteiger partial charge is 0.326 e. The summed E-state index contributed by atoms with van der Waals surface area (Å²) in [6, 6.07) is 22.9. The summed E-state index contributed by atoms with van der Waals surface area (Å²) in [7, 11) is 0. The molecule has 1 aliphatic heterocycles. The lowest BCUT2D eigenvalue weighted by Crippen LogP contribution is -2.07. The molecule has 3 aromatic carbocycles. The number of benzene rings is 3. The molecule has 0 saturated carbocycles. The zero-order valence-electron chi connectivity index (χ0n) is 17.5. The van der Waals surface area contributed by atoms with Crippen LogP contribution in [0.1, 0.15) is 27.3 Å². The molecule has 33 heavy (non-hydrogen) atoms. The number of thioether (sulfide) groups is 1. The van der Waals surface area contributed by atoms with Crippen LogP contribution < -0.4 is 5.32 Å². The molecule has 0 radical (unpaired) electrons. The van der Waals surface area contributed by atoms with E-state index in [1.807, 2.05) is 59.2 Å². The van der Waals surface area contributed by atoms with Gasteiger partial charge in [0.25, 0.3) is 0 Å². The van der Waals surface area contributed by atoms with Crippen LogP contribution in [0.25, 0.3) is 5.69 Å². The van der Waals surface area contributed by atoms with Gasteiger partial charge in [-0.1, -0.05) is 53.7 Å². The Balaban J connectivity index is 1.39. The van der Waals surface area contributed by atoms with Crippen molar-refractivity contribution in [2.45, 2.75) is 18.0 Å². The van der Waals surface area contributed by atoms with E-state index in [1.165, 1.54) is 11.8 Å². The van der Waals surface area contributed by atoms with Gasteiger partial charge in [0.1, 0.15) is 5.82 Å². The summed E-state index contributed by atoms with van der Waals surface area (Å²) in [5.74, 6) is 0.904. The van der Waals surface area contributed by atoms with E-state index in [9.17, 15) is 9.59 Å². The molecule has 0 atom stereocenters. The topological polar surface area (TPSA) is 76.9 Å². The Morgan fingerprint density at radius 3 is 2.61 bits per heavy atom. The molecule has 6 nitrogen and oxygen atoms in total. The number of nitrogens with zero attached hydrogens (tertiary/aromatic N) is 3. The highest BCUT2D eigenvalue weighted by atomic mass is 35.5. The number of hydrogen-bond donors (Lipinski definition) is 1. The number of hydrogen-bond acceptors (Lipinski definition) is 5. The predicted octanol–water partition coefficient (Wildman–Crippen LogP) is 4.98. The lowest BCUT2D eigenvalue weighted by molar-refractivity contribution is -0.115. The molecule has 2 heterocycles. The third-order valence-corrected chi connectivity index (χ3v) is 6.56. The van der Waals surface area contributed by atoms with E-state index in [0.717, 1.165) is 28.3 Å². The van der Waals surface area contributed by atoms with E-state index in [1.54, 1.807) is 18.2 Å². The van der Waals surface area contributed by atoms with Crippen LogP contribution in [-0.2, 0) is 17.6 Å². The Hall–Kier alpha value is -3.42. The second kappa shape index (κ2) is 9.21. The number of nitrogens with one attached hydrogen (secondary N) is 1. The minimum absolute atomic E-state index is 0.0302. The molecule has 1 N–H and O–H groups in total. The zero-order chi connectivity index (χ0) is 22.8. The SMILES string of the molecule is O=C1Cc2cc(C(=O)CSc3nnc(Cc4ccccc4)n3-c3ccc(Cl)cc3)ccc2N1. The first-order valence-corrected chi connectivity index (χ1v) is 11.8. The number of fused-ring (bicyclic) bond motifs is 1. The van der Waals surface area contributed by atoms with Crippen LogP contribution in [-0.4, -0.2) is 32.2 Å². The van der Waals surface area contributed by atoms with E-state index in [-0.39, 0.29) is 17.4 Å². The van der Waals surface area contributed by atoms with Crippen molar-refractivity contribution >= 4 is 40.7 Å². The van der Waals surface area contributed by atoms with Crippen LogP contribution in [0.3, 0.4) is 0 Å². The Bertz CT molecular complexity index is 1340. The van der Waals surface area contributed by atoms with Crippen LogP contribution in [0.15, 0.2) is 78.0 Å².